The molecule has 1 N–H and O–H groups in total. The summed E-state index contributed by atoms with van der Waals surface area (Å²) in [5.41, 5.74) is 0.587. The smallest absolute Gasteiger partial charge is 0.305 e. The maximum Gasteiger partial charge on any atom is 0.401 e. The van der Waals surface area contributed by atoms with Gasteiger partial charge in [-0.25, -0.2) is 4.39 Å². The van der Waals surface area contributed by atoms with Gasteiger partial charge in [-0.2, -0.15) is 13.2 Å². The van der Waals surface area contributed by atoms with Crippen LogP contribution < -0.4 is 5.32 Å². The van der Waals surface area contributed by atoms with Gasteiger partial charge in [-0.05, 0) is 25.5 Å². The van der Waals surface area contributed by atoms with Gasteiger partial charge in [0, 0.05) is 24.7 Å². The molecule has 1 saturated heterocycles. The molecule has 1 unspecified atom stereocenters. The standard InChI is InChI=1S/C14H18F4N2/c15-13-6-2-1-4-11(13)8-20-7-3-5-12(9-20)19-10-14(16,17)18/h1-2,4,6,12,19H,3,5,7-10H2. The molecule has 2 nitrogen and oxygen atoms in total. The average Bonchev–Trinajstić information content (AvgIpc) is 2.39. The Kier molecular flexibility index (Phi) is 4.99. The number of nitrogens with one attached hydrogen (secondary N) is 1. The maximum absolute atomic E-state index is 13.6. The monoisotopic (exact) mass is 290 g/mol. The summed E-state index contributed by atoms with van der Waals surface area (Å²) in [5.74, 6) is -0.266. The molecule has 0 saturated carbocycles. The summed E-state index contributed by atoms with van der Waals surface area (Å²) in [6.07, 6.45) is -2.64. The summed E-state index contributed by atoms with van der Waals surface area (Å²) in [4.78, 5) is 2.00. The van der Waals surface area contributed by atoms with Crippen molar-refractivity contribution in [3.05, 3.63) is 35.6 Å². The van der Waals surface area contributed by atoms with Crippen molar-refractivity contribution in [1.29, 1.82) is 0 Å². The Hall–Kier alpha value is -1.14. The topological polar surface area (TPSA) is 15.3 Å². The van der Waals surface area contributed by atoms with Crippen molar-refractivity contribution in [3.63, 3.8) is 0 Å². The number of rotatable bonds is 4. The second-order valence-electron chi connectivity index (χ2n) is 5.16. The van der Waals surface area contributed by atoms with Crippen molar-refractivity contribution in [2.24, 2.45) is 0 Å². The number of piperidine rings is 1. The van der Waals surface area contributed by atoms with Crippen LogP contribution in [0.5, 0.6) is 0 Å². The third kappa shape index (κ3) is 4.76. The van der Waals surface area contributed by atoms with Gasteiger partial charge in [0.2, 0.25) is 0 Å². The minimum absolute atomic E-state index is 0.183. The van der Waals surface area contributed by atoms with Crippen LogP contribution in [0, 0.1) is 5.82 Å². The lowest BCUT2D eigenvalue weighted by atomic mass is 10.0. The number of halogens is 4. The van der Waals surface area contributed by atoms with E-state index in [1.807, 2.05) is 4.90 Å². The fourth-order valence-electron chi connectivity index (χ4n) is 2.49. The van der Waals surface area contributed by atoms with Crippen molar-refractivity contribution in [1.82, 2.24) is 10.2 Å². The molecule has 1 aliphatic heterocycles. The Balaban J connectivity index is 1.86. The van der Waals surface area contributed by atoms with Gasteiger partial charge in [-0.15, -0.1) is 0 Å². The first-order chi connectivity index (χ1) is 9.44. The first kappa shape index (κ1) is 15.3. The Morgan fingerprint density at radius 2 is 2.00 bits per heavy atom. The van der Waals surface area contributed by atoms with Gasteiger partial charge < -0.3 is 5.32 Å². The summed E-state index contributed by atoms with van der Waals surface area (Å²) >= 11 is 0. The molecule has 112 valence electrons. The van der Waals surface area contributed by atoms with E-state index in [4.69, 9.17) is 0 Å². The fourth-order valence-corrected chi connectivity index (χ4v) is 2.49. The van der Waals surface area contributed by atoms with E-state index >= 15 is 0 Å². The normalized spacial score (nSPS) is 21.1. The minimum atomic E-state index is -4.19. The van der Waals surface area contributed by atoms with Gasteiger partial charge in [0.25, 0.3) is 0 Å². The van der Waals surface area contributed by atoms with Gasteiger partial charge in [0.05, 0.1) is 6.54 Å². The van der Waals surface area contributed by atoms with Crippen LogP contribution >= 0.6 is 0 Å². The number of hydrogen-bond donors (Lipinski definition) is 1. The maximum atomic E-state index is 13.6. The molecule has 20 heavy (non-hydrogen) atoms. The van der Waals surface area contributed by atoms with E-state index in [0.717, 1.165) is 19.4 Å². The third-order valence-corrected chi connectivity index (χ3v) is 3.45. The molecule has 0 bridgehead atoms. The predicted octanol–water partition coefficient (Wildman–Crippen LogP) is 2.94. The molecule has 1 fully saturated rings. The summed E-state index contributed by atoms with van der Waals surface area (Å²) in [7, 11) is 0. The summed E-state index contributed by atoms with van der Waals surface area (Å²) in [6, 6.07) is 6.32. The third-order valence-electron chi connectivity index (χ3n) is 3.45. The first-order valence-corrected chi connectivity index (χ1v) is 6.70. The molecule has 0 aromatic heterocycles. The molecular weight excluding hydrogens is 272 g/mol. The van der Waals surface area contributed by atoms with Crippen LogP contribution in [0.25, 0.3) is 0 Å². The van der Waals surface area contributed by atoms with Gasteiger partial charge in [0.15, 0.2) is 0 Å². The van der Waals surface area contributed by atoms with Crippen LogP contribution in [0.1, 0.15) is 18.4 Å². The highest BCUT2D eigenvalue weighted by Crippen LogP contribution is 2.17. The molecular formula is C14H18F4N2. The molecule has 0 spiro atoms. The Morgan fingerprint density at radius 3 is 2.70 bits per heavy atom. The molecule has 0 aliphatic carbocycles. The molecule has 0 amide bonds. The van der Waals surface area contributed by atoms with Crippen molar-refractivity contribution >= 4 is 0 Å². The molecule has 1 heterocycles. The van der Waals surface area contributed by atoms with Crippen LogP contribution in [0.3, 0.4) is 0 Å². The van der Waals surface area contributed by atoms with E-state index in [1.165, 1.54) is 6.07 Å². The molecule has 1 aromatic rings. The molecule has 1 aliphatic rings. The Labute approximate surface area is 115 Å². The lowest BCUT2D eigenvalue weighted by Crippen LogP contribution is -2.47. The van der Waals surface area contributed by atoms with Gasteiger partial charge in [-0.1, -0.05) is 18.2 Å². The van der Waals surface area contributed by atoms with Gasteiger partial charge >= 0.3 is 6.18 Å². The number of hydrogen-bond acceptors (Lipinski definition) is 2. The summed E-state index contributed by atoms with van der Waals surface area (Å²) in [6.45, 7) is 0.783. The Morgan fingerprint density at radius 1 is 1.25 bits per heavy atom. The van der Waals surface area contributed by atoms with Crippen molar-refractivity contribution in [2.75, 3.05) is 19.6 Å². The van der Waals surface area contributed by atoms with Gasteiger partial charge in [0.1, 0.15) is 5.82 Å². The van der Waals surface area contributed by atoms with Crippen molar-refractivity contribution in [3.8, 4) is 0 Å². The number of alkyl halides is 3. The first-order valence-electron chi connectivity index (χ1n) is 6.70. The SMILES string of the molecule is Fc1ccccc1CN1CCCC(NCC(F)(F)F)C1. The van der Waals surface area contributed by atoms with Crippen molar-refractivity contribution < 1.29 is 17.6 Å². The zero-order valence-corrected chi connectivity index (χ0v) is 11.1. The zero-order valence-electron chi connectivity index (χ0n) is 11.1. The minimum Gasteiger partial charge on any atom is -0.305 e. The van der Waals surface area contributed by atoms with Crippen LogP contribution in [0.2, 0.25) is 0 Å². The highest BCUT2D eigenvalue weighted by atomic mass is 19.4. The number of benzene rings is 1. The number of nitrogens with zero attached hydrogens (tertiary/aromatic N) is 1. The molecule has 2 rings (SSSR count). The second kappa shape index (κ2) is 6.54. The molecule has 1 atom stereocenters. The van der Waals surface area contributed by atoms with E-state index < -0.39 is 12.7 Å². The number of likely N-dealkylation sites (tertiary alicyclic amines) is 1. The quantitative estimate of drug-likeness (QED) is 0.858. The average molecular weight is 290 g/mol. The van der Waals surface area contributed by atoms with Crippen LogP contribution in [-0.4, -0.2) is 36.8 Å². The van der Waals surface area contributed by atoms with Crippen LogP contribution in [0.15, 0.2) is 24.3 Å². The van der Waals surface area contributed by atoms with E-state index in [-0.39, 0.29) is 11.9 Å². The van der Waals surface area contributed by atoms with Crippen LogP contribution in [0.4, 0.5) is 17.6 Å². The molecule has 0 radical (unpaired) electrons. The molecule has 6 heteroatoms. The van der Waals surface area contributed by atoms with E-state index in [0.29, 0.717) is 18.7 Å². The second-order valence-corrected chi connectivity index (χ2v) is 5.16. The predicted molar refractivity (Wildman–Crippen MR) is 68.8 cm³/mol. The van der Waals surface area contributed by atoms with E-state index in [1.54, 1.807) is 18.2 Å². The highest BCUT2D eigenvalue weighted by molar-refractivity contribution is 5.17. The molecule has 1 aromatic carbocycles. The highest BCUT2D eigenvalue weighted by Gasteiger charge is 2.29. The summed E-state index contributed by atoms with van der Waals surface area (Å²) in [5, 5.41) is 2.53. The lowest BCUT2D eigenvalue weighted by molar-refractivity contribution is -0.127. The lowest BCUT2D eigenvalue weighted by Gasteiger charge is -2.33. The van der Waals surface area contributed by atoms with Gasteiger partial charge in [-0.3, -0.25) is 4.90 Å². The Bertz CT molecular complexity index is 433. The van der Waals surface area contributed by atoms with Crippen LogP contribution in [-0.2, 0) is 6.54 Å². The van der Waals surface area contributed by atoms with E-state index in [2.05, 4.69) is 5.32 Å². The summed E-state index contributed by atoms with van der Waals surface area (Å²) < 4.78 is 50.1. The largest absolute Gasteiger partial charge is 0.401 e. The van der Waals surface area contributed by atoms with Crippen molar-refractivity contribution in [2.45, 2.75) is 31.6 Å². The van der Waals surface area contributed by atoms with E-state index in [9.17, 15) is 17.6 Å². The fraction of sp³-hybridized carbons (Fsp3) is 0.571. The zero-order chi connectivity index (χ0) is 14.6.